The first-order valence-corrected chi connectivity index (χ1v) is 9.18. The maximum Gasteiger partial charge on any atom is 0.240 e. The van der Waals surface area contributed by atoms with Crippen LogP contribution in [0.4, 0.5) is 11.4 Å². The third-order valence-electron chi connectivity index (χ3n) is 4.17. The number of hydrazone groups is 1. The molecule has 0 heterocycles. The highest BCUT2D eigenvalue weighted by molar-refractivity contribution is 6.01. The van der Waals surface area contributed by atoms with Gasteiger partial charge in [-0.2, -0.15) is 5.10 Å². The Hall–Kier alpha value is -3.93. The topological polar surface area (TPSA) is 82.0 Å². The molecule has 0 fully saturated rings. The van der Waals surface area contributed by atoms with E-state index >= 15 is 0 Å². The smallest absolute Gasteiger partial charge is 0.240 e. The summed E-state index contributed by atoms with van der Waals surface area (Å²) in [5.41, 5.74) is 4.35. The molecule has 29 heavy (non-hydrogen) atoms. The van der Waals surface area contributed by atoms with Gasteiger partial charge in [0.05, 0.1) is 6.21 Å². The summed E-state index contributed by atoms with van der Waals surface area (Å²) < 4.78 is 0. The number of para-hydroxylation sites is 3. The first-order chi connectivity index (χ1) is 14.1. The second-order valence-corrected chi connectivity index (χ2v) is 6.25. The van der Waals surface area contributed by atoms with Crippen LogP contribution in [0.25, 0.3) is 0 Å². The highest BCUT2D eigenvalue weighted by atomic mass is 16.3. The summed E-state index contributed by atoms with van der Waals surface area (Å²) >= 11 is 0. The molecule has 0 aliphatic heterocycles. The Balaban J connectivity index is 1.61. The molecule has 3 rings (SSSR count). The van der Waals surface area contributed by atoms with Crippen LogP contribution in [0.2, 0.25) is 0 Å². The van der Waals surface area contributed by atoms with Crippen molar-refractivity contribution in [2.45, 2.75) is 12.8 Å². The number of aromatic hydroxyl groups is 1. The molecule has 0 bridgehead atoms. The van der Waals surface area contributed by atoms with Crippen molar-refractivity contribution in [1.29, 1.82) is 0 Å². The van der Waals surface area contributed by atoms with Crippen molar-refractivity contribution in [2.24, 2.45) is 5.10 Å². The Labute approximate surface area is 169 Å². The summed E-state index contributed by atoms with van der Waals surface area (Å²) in [4.78, 5) is 26.5. The van der Waals surface area contributed by atoms with E-state index in [0.29, 0.717) is 5.56 Å². The molecule has 0 radical (unpaired) electrons. The maximum atomic E-state index is 12.9. The molecule has 0 aliphatic rings. The Morgan fingerprint density at radius 3 is 1.97 bits per heavy atom. The largest absolute Gasteiger partial charge is 0.507 e. The molecule has 3 aromatic rings. The highest BCUT2D eigenvalue weighted by Crippen LogP contribution is 2.26. The van der Waals surface area contributed by atoms with Gasteiger partial charge in [0.15, 0.2) is 0 Å². The minimum absolute atomic E-state index is 0.00683. The van der Waals surface area contributed by atoms with E-state index in [1.54, 1.807) is 23.1 Å². The van der Waals surface area contributed by atoms with Crippen molar-refractivity contribution in [3.05, 3.63) is 90.5 Å². The van der Waals surface area contributed by atoms with E-state index in [4.69, 9.17) is 0 Å². The zero-order valence-electron chi connectivity index (χ0n) is 15.7. The second-order valence-electron chi connectivity index (χ2n) is 6.25. The van der Waals surface area contributed by atoms with Crippen LogP contribution < -0.4 is 10.3 Å². The van der Waals surface area contributed by atoms with Crippen LogP contribution in [0.5, 0.6) is 5.75 Å². The van der Waals surface area contributed by atoms with E-state index in [1.165, 1.54) is 12.3 Å². The number of rotatable bonds is 7. The number of phenols is 1. The van der Waals surface area contributed by atoms with Crippen LogP contribution >= 0.6 is 0 Å². The lowest BCUT2D eigenvalue weighted by Crippen LogP contribution is -2.27. The standard InChI is InChI=1S/C23H21N3O3/c27-21-14-8-7-9-18(21)17-24-25-22(28)15-16-23(29)26(19-10-3-1-4-11-19)20-12-5-2-6-13-20/h1-14,17,27H,15-16H2,(H,25,28)/b24-17-. The zero-order chi connectivity index (χ0) is 20.5. The third kappa shape index (κ3) is 5.52. The quantitative estimate of drug-likeness (QED) is 0.475. The first-order valence-electron chi connectivity index (χ1n) is 9.18. The van der Waals surface area contributed by atoms with Crippen molar-refractivity contribution < 1.29 is 14.7 Å². The average molecular weight is 387 g/mol. The fourth-order valence-corrected chi connectivity index (χ4v) is 2.75. The molecule has 6 nitrogen and oxygen atoms in total. The van der Waals surface area contributed by atoms with Crippen LogP contribution in [-0.2, 0) is 9.59 Å². The molecule has 146 valence electrons. The third-order valence-corrected chi connectivity index (χ3v) is 4.17. The molecule has 3 aromatic carbocycles. The summed E-state index contributed by atoms with van der Waals surface area (Å²) in [6, 6.07) is 25.3. The molecule has 2 N–H and O–H groups in total. The van der Waals surface area contributed by atoms with Gasteiger partial charge < -0.3 is 5.11 Å². The Bertz CT molecular complexity index is 949. The van der Waals surface area contributed by atoms with Gasteiger partial charge in [-0.25, -0.2) is 5.43 Å². The SMILES string of the molecule is O=C(CCC(=O)N(c1ccccc1)c1ccccc1)N/N=C\c1ccccc1O. The molecule has 0 saturated carbocycles. The molecule has 0 aromatic heterocycles. The molecule has 6 heteroatoms. The van der Waals surface area contributed by atoms with Gasteiger partial charge in [0.1, 0.15) is 5.75 Å². The minimum atomic E-state index is -0.383. The van der Waals surface area contributed by atoms with Crippen LogP contribution in [0.15, 0.2) is 90.0 Å². The fourth-order valence-electron chi connectivity index (χ4n) is 2.75. The van der Waals surface area contributed by atoms with Crippen molar-refractivity contribution in [1.82, 2.24) is 5.43 Å². The van der Waals surface area contributed by atoms with E-state index in [2.05, 4.69) is 10.5 Å². The van der Waals surface area contributed by atoms with E-state index in [-0.39, 0.29) is 30.4 Å². The van der Waals surface area contributed by atoms with Gasteiger partial charge in [0, 0.05) is 29.8 Å². The lowest BCUT2D eigenvalue weighted by Gasteiger charge is -2.23. The lowest BCUT2D eigenvalue weighted by atomic mass is 10.2. The van der Waals surface area contributed by atoms with E-state index in [0.717, 1.165) is 11.4 Å². The predicted molar refractivity (Wildman–Crippen MR) is 113 cm³/mol. The molecule has 0 unspecified atom stereocenters. The molecule has 0 spiro atoms. The number of hydrogen-bond acceptors (Lipinski definition) is 4. The summed E-state index contributed by atoms with van der Waals surface area (Å²) in [7, 11) is 0. The van der Waals surface area contributed by atoms with Gasteiger partial charge >= 0.3 is 0 Å². The average Bonchev–Trinajstić information content (AvgIpc) is 2.75. The van der Waals surface area contributed by atoms with Crippen molar-refractivity contribution >= 4 is 29.4 Å². The number of carbonyl (C=O) groups excluding carboxylic acids is 2. The van der Waals surface area contributed by atoms with Crippen molar-refractivity contribution in [3.8, 4) is 5.75 Å². The van der Waals surface area contributed by atoms with Crippen molar-refractivity contribution in [3.63, 3.8) is 0 Å². The number of nitrogens with zero attached hydrogens (tertiary/aromatic N) is 2. The van der Waals surface area contributed by atoms with E-state index in [9.17, 15) is 14.7 Å². The summed E-state index contributed by atoms with van der Waals surface area (Å²) in [5, 5.41) is 13.5. The van der Waals surface area contributed by atoms with Crippen LogP contribution in [0.1, 0.15) is 18.4 Å². The number of hydrogen-bond donors (Lipinski definition) is 2. The molecule has 0 atom stereocenters. The normalized spacial score (nSPS) is 10.6. The van der Waals surface area contributed by atoms with Crippen LogP contribution in [0, 0.1) is 0 Å². The predicted octanol–water partition coefficient (Wildman–Crippen LogP) is 3.99. The maximum absolute atomic E-state index is 12.9. The van der Waals surface area contributed by atoms with Gasteiger partial charge in [-0.05, 0) is 36.4 Å². The van der Waals surface area contributed by atoms with Gasteiger partial charge in [-0.1, -0.05) is 48.5 Å². The Kier molecular flexibility index (Phi) is 6.73. The number of phenolic OH excluding ortho intramolecular Hbond substituents is 1. The van der Waals surface area contributed by atoms with E-state index in [1.807, 2.05) is 60.7 Å². The fraction of sp³-hybridized carbons (Fsp3) is 0.0870. The van der Waals surface area contributed by atoms with Crippen molar-refractivity contribution in [2.75, 3.05) is 4.90 Å². The summed E-state index contributed by atoms with van der Waals surface area (Å²) in [5.74, 6) is -0.504. The monoisotopic (exact) mass is 387 g/mol. The molecular formula is C23H21N3O3. The molecule has 0 aliphatic carbocycles. The molecular weight excluding hydrogens is 366 g/mol. The number of carbonyl (C=O) groups is 2. The van der Waals surface area contributed by atoms with Gasteiger partial charge in [-0.15, -0.1) is 0 Å². The zero-order valence-corrected chi connectivity index (χ0v) is 15.7. The number of amides is 2. The van der Waals surface area contributed by atoms with Gasteiger partial charge in [0.2, 0.25) is 11.8 Å². The Morgan fingerprint density at radius 1 is 0.828 bits per heavy atom. The second kappa shape index (κ2) is 9.85. The van der Waals surface area contributed by atoms with Crippen LogP contribution in [0.3, 0.4) is 0 Å². The van der Waals surface area contributed by atoms with Gasteiger partial charge in [-0.3, -0.25) is 14.5 Å². The molecule has 0 saturated heterocycles. The summed E-state index contributed by atoms with van der Waals surface area (Å²) in [6.07, 6.45) is 1.38. The summed E-state index contributed by atoms with van der Waals surface area (Å²) in [6.45, 7) is 0. The molecule has 2 amide bonds. The number of anilines is 2. The van der Waals surface area contributed by atoms with Gasteiger partial charge in [0.25, 0.3) is 0 Å². The van der Waals surface area contributed by atoms with Crippen LogP contribution in [-0.4, -0.2) is 23.1 Å². The number of benzene rings is 3. The number of nitrogens with one attached hydrogen (secondary N) is 1. The van der Waals surface area contributed by atoms with E-state index < -0.39 is 0 Å². The minimum Gasteiger partial charge on any atom is -0.507 e. The first kappa shape index (κ1) is 19.8. The highest BCUT2D eigenvalue weighted by Gasteiger charge is 2.18. The lowest BCUT2D eigenvalue weighted by molar-refractivity contribution is -0.124. The Morgan fingerprint density at radius 2 is 1.38 bits per heavy atom.